The van der Waals surface area contributed by atoms with Gasteiger partial charge in [-0.25, -0.2) is 4.79 Å². The Morgan fingerprint density at radius 3 is 2.31 bits per heavy atom. The predicted molar refractivity (Wildman–Crippen MR) is 112 cm³/mol. The first-order chi connectivity index (χ1) is 13.9. The highest BCUT2D eigenvalue weighted by molar-refractivity contribution is 5.95. The van der Waals surface area contributed by atoms with E-state index in [-0.39, 0.29) is 5.91 Å². The lowest BCUT2D eigenvalue weighted by Gasteiger charge is -2.17. The number of rotatable bonds is 10. The molecule has 0 fully saturated rings. The molecule has 0 unspecified atom stereocenters. The standard InChI is InChI=1S/C23H27NO5/c1-4-24(5-2)22(25)13-17(3)19-11-12-20(21(14-19)29-16-23(26)27)28-15-18-9-7-6-8-10-18/h6-14H,4-5,15-16H2,1-3H3,(H,26,27)/b17-13+. The molecule has 0 saturated carbocycles. The first kappa shape index (κ1) is 22.0. The van der Waals surface area contributed by atoms with E-state index >= 15 is 0 Å². The van der Waals surface area contributed by atoms with Crippen molar-refractivity contribution in [3.63, 3.8) is 0 Å². The molecule has 6 nitrogen and oxygen atoms in total. The fourth-order valence-corrected chi connectivity index (χ4v) is 2.76. The van der Waals surface area contributed by atoms with Gasteiger partial charge < -0.3 is 19.5 Å². The Morgan fingerprint density at radius 1 is 1.00 bits per heavy atom. The predicted octanol–water partition coefficient (Wildman–Crippen LogP) is 4.00. The number of carbonyl (C=O) groups is 2. The van der Waals surface area contributed by atoms with Crippen molar-refractivity contribution in [3.05, 3.63) is 65.7 Å². The van der Waals surface area contributed by atoms with Crippen molar-refractivity contribution in [1.29, 1.82) is 0 Å². The highest BCUT2D eigenvalue weighted by atomic mass is 16.5. The summed E-state index contributed by atoms with van der Waals surface area (Å²) in [6, 6.07) is 14.9. The molecule has 154 valence electrons. The third-order valence-corrected chi connectivity index (χ3v) is 4.40. The van der Waals surface area contributed by atoms with Crippen molar-refractivity contribution >= 4 is 17.4 Å². The summed E-state index contributed by atoms with van der Waals surface area (Å²) in [6.07, 6.45) is 1.58. The van der Waals surface area contributed by atoms with Crippen molar-refractivity contribution in [2.45, 2.75) is 27.4 Å². The first-order valence-electron chi connectivity index (χ1n) is 9.57. The molecule has 1 N–H and O–H groups in total. The molecule has 0 aliphatic rings. The van der Waals surface area contributed by atoms with E-state index in [1.54, 1.807) is 23.1 Å². The summed E-state index contributed by atoms with van der Waals surface area (Å²) in [5.41, 5.74) is 2.51. The van der Waals surface area contributed by atoms with Crippen LogP contribution < -0.4 is 9.47 Å². The summed E-state index contributed by atoms with van der Waals surface area (Å²) in [6.45, 7) is 6.83. The molecule has 0 heterocycles. The van der Waals surface area contributed by atoms with Crippen LogP contribution in [0, 0.1) is 0 Å². The number of aliphatic carboxylic acids is 1. The van der Waals surface area contributed by atoms with Crippen molar-refractivity contribution in [2.24, 2.45) is 0 Å². The van der Waals surface area contributed by atoms with Crippen molar-refractivity contribution in [1.82, 2.24) is 4.90 Å². The van der Waals surface area contributed by atoms with Crippen LogP contribution >= 0.6 is 0 Å². The maximum atomic E-state index is 12.3. The highest BCUT2D eigenvalue weighted by Gasteiger charge is 2.12. The third kappa shape index (κ3) is 6.68. The fraction of sp³-hybridized carbons (Fsp3) is 0.304. The Bertz CT molecular complexity index is 857. The van der Waals surface area contributed by atoms with E-state index in [0.717, 1.165) is 16.7 Å². The molecule has 0 bridgehead atoms. The Labute approximate surface area is 171 Å². The van der Waals surface area contributed by atoms with Crippen molar-refractivity contribution < 1.29 is 24.2 Å². The van der Waals surface area contributed by atoms with E-state index < -0.39 is 12.6 Å². The van der Waals surface area contributed by atoms with E-state index in [1.165, 1.54) is 0 Å². The number of hydrogen-bond acceptors (Lipinski definition) is 4. The molecule has 0 aliphatic heterocycles. The maximum Gasteiger partial charge on any atom is 0.341 e. The largest absolute Gasteiger partial charge is 0.485 e. The Kier molecular flexibility index (Phi) is 8.27. The van der Waals surface area contributed by atoms with Crippen molar-refractivity contribution in [3.8, 4) is 11.5 Å². The van der Waals surface area contributed by atoms with E-state index in [4.69, 9.17) is 14.6 Å². The topological polar surface area (TPSA) is 76.1 Å². The molecular weight excluding hydrogens is 370 g/mol. The Morgan fingerprint density at radius 2 is 1.69 bits per heavy atom. The number of amides is 1. The molecule has 0 spiro atoms. The number of nitrogens with zero attached hydrogens (tertiary/aromatic N) is 1. The van der Waals surface area contributed by atoms with Gasteiger partial charge in [0.15, 0.2) is 18.1 Å². The van der Waals surface area contributed by atoms with Crippen LogP contribution in [-0.4, -0.2) is 41.6 Å². The summed E-state index contributed by atoms with van der Waals surface area (Å²) in [4.78, 5) is 25.0. The zero-order valence-electron chi connectivity index (χ0n) is 17.1. The molecule has 0 aromatic heterocycles. The molecule has 2 rings (SSSR count). The van der Waals surface area contributed by atoms with Crippen LogP contribution in [0.15, 0.2) is 54.6 Å². The highest BCUT2D eigenvalue weighted by Crippen LogP contribution is 2.31. The molecule has 0 atom stereocenters. The first-order valence-corrected chi connectivity index (χ1v) is 9.57. The second-order valence-electron chi connectivity index (χ2n) is 6.46. The molecule has 0 radical (unpaired) electrons. The van der Waals surface area contributed by atoms with Crippen LogP contribution in [-0.2, 0) is 16.2 Å². The number of allylic oxidation sites excluding steroid dienone is 1. The van der Waals surface area contributed by atoms with Gasteiger partial charge in [0.05, 0.1) is 0 Å². The van der Waals surface area contributed by atoms with Gasteiger partial charge >= 0.3 is 5.97 Å². The van der Waals surface area contributed by atoms with Gasteiger partial charge in [-0.15, -0.1) is 0 Å². The minimum absolute atomic E-state index is 0.0649. The summed E-state index contributed by atoms with van der Waals surface area (Å²) < 4.78 is 11.3. The SMILES string of the molecule is CCN(CC)C(=O)/C=C(\C)c1ccc(OCc2ccccc2)c(OCC(=O)O)c1. The van der Waals surface area contributed by atoms with Crippen LogP contribution in [0.1, 0.15) is 31.9 Å². The average Bonchev–Trinajstić information content (AvgIpc) is 2.72. The van der Waals surface area contributed by atoms with Crippen LogP contribution in [0.25, 0.3) is 5.57 Å². The Balaban J connectivity index is 2.24. The minimum atomic E-state index is -1.08. The average molecular weight is 397 g/mol. The van der Waals surface area contributed by atoms with Gasteiger partial charge in [-0.2, -0.15) is 0 Å². The lowest BCUT2D eigenvalue weighted by atomic mass is 10.1. The molecular formula is C23H27NO5. The quantitative estimate of drug-likeness (QED) is 0.613. The fourth-order valence-electron chi connectivity index (χ4n) is 2.76. The normalized spacial score (nSPS) is 11.1. The van der Waals surface area contributed by atoms with Crippen molar-refractivity contribution in [2.75, 3.05) is 19.7 Å². The van der Waals surface area contributed by atoms with E-state index in [1.807, 2.05) is 57.2 Å². The maximum absolute atomic E-state index is 12.3. The molecule has 29 heavy (non-hydrogen) atoms. The van der Waals surface area contributed by atoms with Crippen LogP contribution in [0.4, 0.5) is 0 Å². The van der Waals surface area contributed by atoms with Gasteiger partial charge in [0.25, 0.3) is 0 Å². The number of likely N-dealkylation sites (N-methyl/N-ethyl adjacent to an activating group) is 1. The van der Waals surface area contributed by atoms with Gasteiger partial charge in [0.2, 0.25) is 5.91 Å². The second-order valence-corrected chi connectivity index (χ2v) is 6.46. The lowest BCUT2D eigenvalue weighted by molar-refractivity contribution is -0.139. The minimum Gasteiger partial charge on any atom is -0.485 e. The van der Waals surface area contributed by atoms with E-state index in [9.17, 15) is 9.59 Å². The van der Waals surface area contributed by atoms with Crippen LogP contribution in [0.3, 0.4) is 0 Å². The van der Waals surface area contributed by atoms with Crippen LogP contribution in [0.5, 0.6) is 11.5 Å². The van der Waals surface area contributed by atoms with Gasteiger partial charge in [0, 0.05) is 19.2 Å². The molecule has 0 saturated heterocycles. The third-order valence-electron chi connectivity index (χ3n) is 4.40. The Hall–Kier alpha value is -3.28. The molecule has 1 amide bonds. The number of carboxylic acids is 1. The molecule has 6 heteroatoms. The number of carbonyl (C=O) groups excluding carboxylic acids is 1. The smallest absolute Gasteiger partial charge is 0.341 e. The zero-order chi connectivity index (χ0) is 21.2. The van der Waals surface area contributed by atoms with Gasteiger partial charge in [-0.3, -0.25) is 4.79 Å². The lowest BCUT2D eigenvalue weighted by Crippen LogP contribution is -2.28. The zero-order valence-corrected chi connectivity index (χ0v) is 17.1. The molecule has 0 aliphatic carbocycles. The number of benzene rings is 2. The monoisotopic (exact) mass is 397 g/mol. The molecule has 2 aromatic carbocycles. The van der Waals surface area contributed by atoms with Gasteiger partial charge in [0.1, 0.15) is 6.61 Å². The summed E-state index contributed by atoms with van der Waals surface area (Å²) in [7, 11) is 0. The van der Waals surface area contributed by atoms with E-state index in [0.29, 0.717) is 31.2 Å². The summed E-state index contributed by atoms with van der Waals surface area (Å²) in [5.74, 6) is -0.371. The van der Waals surface area contributed by atoms with Gasteiger partial charge in [-0.05, 0) is 49.6 Å². The van der Waals surface area contributed by atoms with Crippen LogP contribution in [0.2, 0.25) is 0 Å². The summed E-state index contributed by atoms with van der Waals surface area (Å²) >= 11 is 0. The second kappa shape index (κ2) is 10.9. The number of ether oxygens (including phenoxy) is 2. The van der Waals surface area contributed by atoms with Gasteiger partial charge in [-0.1, -0.05) is 36.4 Å². The van der Waals surface area contributed by atoms with E-state index in [2.05, 4.69) is 0 Å². The summed E-state index contributed by atoms with van der Waals surface area (Å²) in [5, 5.41) is 8.96. The number of hydrogen-bond donors (Lipinski definition) is 1. The molecule has 2 aromatic rings. The number of carboxylic acid groups (broad SMARTS) is 1.